The van der Waals surface area contributed by atoms with E-state index in [-0.39, 0.29) is 36.0 Å². The van der Waals surface area contributed by atoms with Crippen molar-refractivity contribution in [1.29, 1.82) is 0 Å². The van der Waals surface area contributed by atoms with Crippen LogP contribution in [0.1, 0.15) is 30.0 Å². The Kier molecular flexibility index (Phi) is 5.41. The number of amides is 1. The summed E-state index contributed by atoms with van der Waals surface area (Å²) < 4.78 is 5.98. The van der Waals surface area contributed by atoms with Gasteiger partial charge in [-0.3, -0.25) is 14.2 Å². The van der Waals surface area contributed by atoms with Gasteiger partial charge in [-0.2, -0.15) is 0 Å². The molecule has 0 radical (unpaired) electrons. The summed E-state index contributed by atoms with van der Waals surface area (Å²) in [5.74, 6) is 0.202. The maximum atomic E-state index is 12.5. The van der Waals surface area contributed by atoms with Gasteiger partial charge in [0.2, 0.25) is 11.8 Å². The van der Waals surface area contributed by atoms with E-state index in [2.05, 4.69) is 15.3 Å². The fourth-order valence-corrected chi connectivity index (χ4v) is 3.21. The van der Waals surface area contributed by atoms with E-state index < -0.39 is 11.2 Å². The predicted molar refractivity (Wildman–Crippen MR) is 96.4 cm³/mol. The van der Waals surface area contributed by atoms with Gasteiger partial charge in [-0.05, 0) is 24.3 Å². The number of methoxy groups -OCH3 is 1. The number of rotatable bonds is 6. The van der Waals surface area contributed by atoms with Gasteiger partial charge in [0.1, 0.15) is 0 Å². The Balaban J connectivity index is 1.77. The Morgan fingerprint density at radius 2 is 2.19 bits per heavy atom. The number of carbonyl (C=O) groups is 1. The highest BCUT2D eigenvalue weighted by Crippen LogP contribution is 2.38. The van der Waals surface area contributed by atoms with Crippen LogP contribution in [0.4, 0.5) is 0 Å². The summed E-state index contributed by atoms with van der Waals surface area (Å²) in [7, 11) is 2.87. The molecule has 2 heterocycles. The van der Waals surface area contributed by atoms with Crippen LogP contribution in [0, 0.1) is 5.92 Å². The summed E-state index contributed by atoms with van der Waals surface area (Å²) in [5, 5.41) is 12.6. The predicted octanol–water partition coefficient (Wildman–Crippen LogP) is -0.352. The lowest BCUT2D eigenvalue weighted by Crippen LogP contribution is -2.43. The molecule has 1 aliphatic rings. The molecule has 144 valence electrons. The minimum Gasteiger partial charge on any atom is -0.481 e. The van der Waals surface area contributed by atoms with Crippen LogP contribution in [-0.2, 0) is 18.3 Å². The van der Waals surface area contributed by atoms with Crippen molar-refractivity contribution in [3.05, 3.63) is 56.5 Å². The maximum Gasteiger partial charge on any atom is 0.328 e. The van der Waals surface area contributed by atoms with E-state index in [0.717, 1.165) is 10.1 Å². The number of nitrogens with one attached hydrogen (secondary N) is 2. The van der Waals surface area contributed by atoms with Crippen molar-refractivity contribution in [1.82, 2.24) is 19.9 Å². The van der Waals surface area contributed by atoms with Crippen molar-refractivity contribution < 1.29 is 14.6 Å². The minimum absolute atomic E-state index is 0.0811. The zero-order chi connectivity index (χ0) is 19.6. The lowest BCUT2D eigenvalue weighted by Gasteiger charge is -2.38. The second-order valence-corrected chi connectivity index (χ2v) is 6.72. The van der Waals surface area contributed by atoms with E-state index in [1.807, 2.05) is 6.07 Å². The first-order valence-corrected chi connectivity index (χ1v) is 8.64. The van der Waals surface area contributed by atoms with Gasteiger partial charge < -0.3 is 20.1 Å². The summed E-state index contributed by atoms with van der Waals surface area (Å²) >= 11 is 0. The standard InChI is InChI=1S/C18H22N4O5/c1-22-17(25)12(9-20-18(22)26)7-14(24)21-16(11-5-13(23)6-11)10-3-4-15(27-2)19-8-10/h3-4,8-9,11,13,16,23H,5-7H2,1-2H3,(H,20,26)(H,21,24)/t11?,13?,16-/m1/s1. The van der Waals surface area contributed by atoms with Gasteiger partial charge in [0.15, 0.2) is 0 Å². The number of hydrogen-bond donors (Lipinski definition) is 3. The molecule has 2 aromatic rings. The summed E-state index contributed by atoms with van der Waals surface area (Å²) in [5.41, 5.74) is -0.0318. The molecular weight excluding hydrogens is 352 g/mol. The SMILES string of the molecule is COc1ccc([C@@H](NC(=O)Cc2c[nH]c(=O)n(C)c2=O)C2CC(O)C2)cn1. The summed E-state index contributed by atoms with van der Waals surface area (Å²) in [6.45, 7) is 0. The fraction of sp³-hybridized carbons (Fsp3) is 0.444. The Hall–Kier alpha value is -2.94. The number of aliphatic hydroxyl groups is 1. The quantitative estimate of drug-likeness (QED) is 0.634. The molecule has 1 saturated carbocycles. The molecule has 3 rings (SSSR count). The van der Waals surface area contributed by atoms with Crippen LogP contribution in [0.2, 0.25) is 0 Å². The highest BCUT2D eigenvalue weighted by molar-refractivity contribution is 5.78. The van der Waals surface area contributed by atoms with Gasteiger partial charge in [-0.25, -0.2) is 9.78 Å². The van der Waals surface area contributed by atoms with Crippen molar-refractivity contribution in [3.8, 4) is 5.88 Å². The summed E-state index contributed by atoms with van der Waals surface area (Å²) in [6.07, 6.45) is 3.54. The van der Waals surface area contributed by atoms with Gasteiger partial charge in [0.25, 0.3) is 5.56 Å². The molecule has 2 aromatic heterocycles. The number of aliphatic hydroxyl groups excluding tert-OH is 1. The van der Waals surface area contributed by atoms with Crippen LogP contribution in [0.15, 0.2) is 34.1 Å². The van der Waals surface area contributed by atoms with Crippen molar-refractivity contribution in [3.63, 3.8) is 0 Å². The molecule has 1 fully saturated rings. The number of nitrogens with zero attached hydrogens (tertiary/aromatic N) is 2. The molecule has 0 aromatic carbocycles. The zero-order valence-electron chi connectivity index (χ0n) is 15.1. The van der Waals surface area contributed by atoms with Crippen LogP contribution in [0.3, 0.4) is 0 Å². The van der Waals surface area contributed by atoms with Gasteiger partial charge in [0, 0.05) is 31.1 Å². The molecule has 27 heavy (non-hydrogen) atoms. The van der Waals surface area contributed by atoms with Gasteiger partial charge >= 0.3 is 5.69 Å². The Bertz CT molecular complexity index is 928. The third-order valence-corrected chi connectivity index (χ3v) is 4.87. The average molecular weight is 374 g/mol. The minimum atomic E-state index is -0.533. The van der Waals surface area contributed by atoms with E-state index in [9.17, 15) is 19.5 Å². The zero-order valence-corrected chi connectivity index (χ0v) is 15.1. The smallest absolute Gasteiger partial charge is 0.328 e. The Morgan fingerprint density at radius 1 is 1.44 bits per heavy atom. The highest BCUT2D eigenvalue weighted by Gasteiger charge is 2.36. The first-order chi connectivity index (χ1) is 12.9. The third-order valence-electron chi connectivity index (χ3n) is 4.87. The molecule has 0 aliphatic heterocycles. The molecule has 9 nitrogen and oxygen atoms in total. The fourth-order valence-electron chi connectivity index (χ4n) is 3.21. The van der Waals surface area contributed by atoms with Crippen molar-refractivity contribution in [2.45, 2.75) is 31.4 Å². The number of hydrogen-bond acceptors (Lipinski definition) is 6. The normalized spacial score (nSPS) is 19.8. The molecule has 9 heteroatoms. The Morgan fingerprint density at radius 3 is 2.78 bits per heavy atom. The average Bonchev–Trinajstić information content (AvgIpc) is 2.64. The van der Waals surface area contributed by atoms with E-state index in [4.69, 9.17) is 4.74 Å². The molecule has 0 spiro atoms. The molecule has 1 aliphatic carbocycles. The van der Waals surface area contributed by atoms with Gasteiger partial charge in [-0.1, -0.05) is 6.07 Å². The lowest BCUT2D eigenvalue weighted by molar-refractivity contribution is -0.122. The van der Waals surface area contributed by atoms with Crippen LogP contribution < -0.4 is 21.3 Å². The highest BCUT2D eigenvalue weighted by atomic mass is 16.5. The molecule has 0 bridgehead atoms. The maximum absolute atomic E-state index is 12.5. The summed E-state index contributed by atoms with van der Waals surface area (Å²) in [6, 6.07) is 3.20. The topological polar surface area (TPSA) is 126 Å². The number of carbonyl (C=O) groups excluding carboxylic acids is 1. The molecule has 1 atom stereocenters. The van der Waals surface area contributed by atoms with Gasteiger partial charge in [-0.15, -0.1) is 0 Å². The molecule has 0 unspecified atom stereocenters. The second-order valence-electron chi connectivity index (χ2n) is 6.72. The first kappa shape index (κ1) is 18.8. The second kappa shape index (κ2) is 7.75. The van der Waals surface area contributed by atoms with Gasteiger partial charge in [0.05, 0.1) is 25.7 Å². The molecule has 3 N–H and O–H groups in total. The molecule has 0 saturated heterocycles. The number of ether oxygens (including phenoxy) is 1. The van der Waals surface area contributed by atoms with E-state index in [1.165, 1.54) is 20.4 Å². The monoisotopic (exact) mass is 374 g/mol. The van der Waals surface area contributed by atoms with E-state index >= 15 is 0 Å². The number of H-pyrrole nitrogens is 1. The number of aromatic amines is 1. The van der Waals surface area contributed by atoms with Crippen molar-refractivity contribution >= 4 is 5.91 Å². The van der Waals surface area contributed by atoms with E-state index in [1.54, 1.807) is 12.3 Å². The third kappa shape index (κ3) is 4.08. The van der Waals surface area contributed by atoms with Crippen molar-refractivity contribution in [2.75, 3.05) is 7.11 Å². The summed E-state index contributed by atoms with van der Waals surface area (Å²) in [4.78, 5) is 42.7. The van der Waals surface area contributed by atoms with Crippen molar-refractivity contribution in [2.24, 2.45) is 13.0 Å². The molecular formula is C18H22N4O5. The van der Waals surface area contributed by atoms with Crippen LogP contribution in [0.25, 0.3) is 0 Å². The first-order valence-electron chi connectivity index (χ1n) is 8.64. The Labute approximate surface area is 155 Å². The van der Waals surface area contributed by atoms with Crippen LogP contribution >= 0.6 is 0 Å². The largest absolute Gasteiger partial charge is 0.481 e. The lowest BCUT2D eigenvalue weighted by atomic mass is 9.75. The number of aromatic nitrogens is 3. The van der Waals surface area contributed by atoms with Crippen LogP contribution in [-0.4, -0.2) is 38.8 Å². The molecule has 1 amide bonds. The number of pyridine rings is 1. The van der Waals surface area contributed by atoms with Crippen LogP contribution in [0.5, 0.6) is 5.88 Å². The van der Waals surface area contributed by atoms with E-state index in [0.29, 0.717) is 18.7 Å².